The Morgan fingerprint density at radius 1 is 1.12 bits per heavy atom. The molecule has 0 aromatic heterocycles. The van der Waals surface area contributed by atoms with Crippen LogP contribution in [0.1, 0.15) is 24.8 Å². The normalized spacial score (nSPS) is 20.7. The van der Waals surface area contributed by atoms with Crippen molar-refractivity contribution >= 4 is 17.7 Å². The smallest absolute Gasteiger partial charge is 0.245 e. The number of carbonyl (C=O) groups is 3. The van der Waals surface area contributed by atoms with E-state index in [0.29, 0.717) is 45.4 Å². The fourth-order valence-corrected chi connectivity index (χ4v) is 3.37. The zero-order valence-corrected chi connectivity index (χ0v) is 14.3. The largest absolute Gasteiger partial charge is 0.344 e. The minimum Gasteiger partial charge on any atom is -0.344 e. The summed E-state index contributed by atoms with van der Waals surface area (Å²) in [6.45, 7) is 1.66. The molecule has 140 valence electrons. The van der Waals surface area contributed by atoms with Crippen molar-refractivity contribution in [1.82, 2.24) is 15.1 Å². The molecule has 26 heavy (non-hydrogen) atoms. The van der Waals surface area contributed by atoms with Gasteiger partial charge in [-0.3, -0.25) is 14.4 Å². The first-order valence-corrected chi connectivity index (χ1v) is 8.74. The quantitative estimate of drug-likeness (QED) is 0.863. The number of nitrogens with zero attached hydrogens (tertiary/aromatic N) is 2. The van der Waals surface area contributed by atoms with Crippen molar-refractivity contribution in [2.45, 2.75) is 31.7 Å². The molecule has 2 heterocycles. The predicted molar refractivity (Wildman–Crippen MR) is 89.0 cm³/mol. The van der Waals surface area contributed by atoms with E-state index in [4.69, 9.17) is 0 Å². The Hall–Kier alpha value is -2.51. The van der Waals surface area contributed by atoms with Crippen molar-refractivity contribution in [1.29, 1.82) is 0 Å². The lowest BCUT2D eigenvalue weighted by Crippen LogP contribution is -2.46. The zero-order chi connectivity index (χ0) is 18.7. The van der Waals surface area contributed by atoms with Gasteiger partial charge in [-0.15, -0.1) is 0 Å². The van der Waals surface area contributed by atoms with Crippen molar-refractivity contribution in [2.75, 3.05) is 26.2 Å². The van der Waals surface area contributed by atoms with E-state index in [9.17, 15) is 23.2 Å². The van der Waals surface area contributed by atoms with E-state index < -0.39 is 17.7 Å². The predicted octanol–water partition coefficient (Wildman–Crippen LogP) is 0.847. The van der Waals surface area contributed by atoms with Gasteiger partial charge in [-0.05, 0) is 18.9 Å². The molecule has 2 aliphatic heterocycles. The second-order valence-corrected chi connectivity index (χ2v) is 6.61. The average molecular weight is 365 g/mol. The number of halogens is 2. The van der Waals surface area contributed by atoms with E-state index in [1.807, 2.05) is 0 Å². The van der Waals surface area contributed by atoms with E-state index in [1.54, 1.807) is 9.80 Å². The van der Waals surface area contributed by atoms with Crippen LogP contribution in [-0.4, -0.2) is 59.7 Å². The van der Waals surface area contributed by atoms with Gasteiger partial charge in [0.25, 0.3) is 0 Å². The second kappa shape index (κ2) is 7.80. The van der Waals surface area contributed by atoms with Crippen LogP contribution in [0.3, 0.4) is 0 Å². The van der Waals surface area contributed by atoms with Gasteiger partial charge in [0.2, 0.25) is 17.7 Å². The van der Waals surface area contributed by atoms with Gasteiger partial charge in [0.15, 0.2) is 11.6 Å². The van der Waals surface area contributed by atoms with Crippen LogP contribution in [0.5, 0.6) is 0 Å². The fraction of sp³-hybridized carbons (Fsp3) is 0.500. The Balaban J connectivity index is 1.57. The standard InChI is InChI=1S/C18H21F2N3O3/c19-13-4-1-3-12(17(13)20)11-16(25)22-7-2-8-23(10-9-22)18(26)14-5-6-15(24)21-14/h1,3-4,14H,2,5-11H2,(H,21,24)/t14-/m1/s1. The molecule has 0 aliphatic carbocycles. The number of nitrogens with one attached hydrogen (secondary N) is 1. The van der Waals surface area contributed by atoms with Crippen LogP contribution in [0.2, 0.25) is 0 Å². The minimum atomic E-state index is -0.996. The van der Waals surface area contributed by atoms with Gasteiger partial charge in [0.1, 0.15) is 6.04 Å². The number of carbonyl (C=O) groups excluding carboxylic acids is 3. The maximum Gasteiger partial charge on any atom is 0.245 e. The van der Waals surface area contributed by atoms with Crippen molar-refractivity contribution in [3.63, 3.8) is 0 Å². The first-order chi connectivity index (χ1) is 12.5. The maximum absolute atomic E-state index is 13.7. The molecule has 2 saturated heterocycles. The van der Waals surface area contributed by atoms with E-state index >= 15 is 0 Å². The summed E-state index contributed by atoms with van der Waals surface area (Å²) in [6.07, 6.45) is 1.24. The molecule has 0 unspecified atom stereocenters. The Morgan fingerprint density at radius 2 is 1.85 bits per heavy atom. The van der Waals surface area contributed by atoms with Gasteiger partial charge in [-0.25, -0.2) is 8.78 Å². The molecule has 0 radical (unpaired) electrons. The molecule has 0 spiro atoms. The number of hydrogen-bond acceptors (Lipinski definition) is 3. The van der Waals surface area contributed by atoms with Gasteiger partial charge in [-0.2, -0.15) is 0 Å². The van der Waals surface area contributed by atoms with Crippen LogP contribution in [0.25, 0.3) is 0 Å². The van der Waals surface area contributed by atoms with Gasteiger partial charge in [0, 0.05) is 38.2 Å². The van der Waals surface area contributed by atoms with E-state index in [2.05, 4.69) is 5.32 Å². The summed E-state index contributed by atoms with van der Waals surface area (Å²) in [6, 6.07) is 3.30. The van der Waals surface area contributed by atoms with Crippen molar-refractivity contribution in [3.05, 3.63) is 35.4 Å². The third-order valence-electron chi connectivity index (χ3n) is 4.83. The fourth-order valence-electron chi connectivity index (χ4n) is 3.37. The van der Waals surface area contributed by atoms with Gasteiger partial charge >= 0.3 is 0 Å². The topological polar surface area (TPSA) is 69.7 Å². The van der Waals surface area contributed by atoms with Crippen LogP contribution in [0.4, 0.5) is 8.78 Å². The first kappa shape index (κ1) is 18.3. The Labute approximate surface area is 150 Å². The van der Waals surface area contributed by atoms with Crippen LogP contribution >= 0.6 is 0 Å². The maximum atomic E-state index is 13.7. The highest BCUT2D eigenvalue weighted by atomic mass is 19.2. The summed E-state index contributed by atoms with van der Waals surface area (Å²) < 4.78 is 27.0. The average Bonchev–Trinajstić information content (AvgIpc) is 2.90. The lowest BCUT2D eigenvalue weighted by atomic mass is 10.1. The van der Waals surface area contributed by atoms with Crippen molar-refractivity contribution in [3.8, 4) is 0 Å². The second-order valence-electron chi connectivity index (χ2n) is 6.61. The molecule has 3 amide bonds. The Morgan fingerprint density at radius 3 is 2.58 bits per heavy atom. The summed E-state index contributed by atoms with van der Waals surface area (Å²) in [7, 11) is 0. The molecule has 3 rings (SSSR count). The molecule has 6 nitrogen and oxygen atoms in total. The third kappa shape index (κ3) is 4.00. The molecule has 2 aliphatic rings. The molecule has 0 bridgehead atoms. The SMILES string of the molecule is O=C1CC[C@H](C(=O)N2CCCN(C(=O)Cc3cccc(F)c3F)CC2)N1. The third-order valence-corrected chi connectivity index (χ3v) is 4.83. The van der Waals surface area contributed by atoms with Crippen molar-refractivity contribution < 1.29 is 23.2 Å². The highest BCUT2D eigenvalue weighted by Crippen LogP contribution is 2.15. The Kier molecular flexibility index (Phi) is 5.49. The van der Waals surface area contributed by atoms with Gasteiger partial charge < -0.3 is 15.1 Å². The minimum absolute atomic E-state index is 0.0286. The summed E-state index contributed by atoms with van der Waals surface area (Å²) in [5.74, 6) is -2.50. The molecule has 2 fully saturated rings. The summed E-state index contributed by atoms with van der Waals surface area (Å²) in [5.41, 5.74) is 0.0286. The summed E-state index contributed by atoms with van der Waals surface area (Å²) in [5, 5.41) is 2.66. The monoisotopic (exact) mass is 365 g/mol. The van der Waals surface area contributed by atoms with E-state index in [0.717, 1.165) is 6.07 Å². The molecule has 1 N–H and O–H groups in total. The zero-order valence-electron chi connectivity index (χ0n) is 14.3. The van der Waals surface area contributed by atoms with Gasteiger partial charge in [-0.1, -0.05) is 12.1 Å². The number of hydrogen-bond donors (Lipinski definition) is 1. The van der Waals surface area contributed by atoms with Gasteiger partial charge in [0.05, 0.1) is 6.42 Å². The first-order valence-electron chi connectivity index (χ1n) is 8.74. The molecule has 1 aromatic carbocycles. The number of amides is 3. The number of rotatable bonds is 3. The molecule has 1 aromatic rings. The summed E-state index contributed by atoms with van der Waals surface area (Å²) in [4.78, 5) is 39.4. The van der Waals surface area contributed by atoms with E-state index in [1.165, 1.54) is 12.1 Å². The van der Waals surface area contributed by atoms with E-state index in [-0.39, 0.29) is 29.7 Å². The van der Waals surface area contributed by atoms with Crippen LogP contribution in [0.15, 0.2) is 18.2 Å². The van der Waals surface area contributed by atoms with Crippen LogP contribution in [-0.2, 0) is 20.8 Å². The number of benzene rings is 1. The highest BCUT2D eigenvalue weighted by Gasteiger charge is 2.32. The lowest BCUT2D eigenvalue weighted by molar-refractivity contribution is -0.135. The lowest BCUT2D eigenvalue weighted by Gasteiger charge is -2.24. The van der Waals surface area contributed by atoms with Crippen LogP contribution < -0.4 is 5.32 Å². The Bertz CT molecular complexity index is 726. The molecule has 8 heteroatoms. The molecular formula is C18H21F2N3O3. The highest BCUT2D eigenvalue weighted by molar-refractivity contribution is 5.90. The molecular weight excluding hydrogens is 344 g/mol. The van der Waals surface area contributed by atoms with Crippen LogP contribution in [0, 0.1) is 11.6 Å². The summed E-state index contributed by atoms with van der Waals surface area (Å²) >= 11 is 0. The molecule has 0 saturated carbocycles. The van der Waals surface area contributed by atoms with Crippen molar-refractivity contribution in [2.24, 2.45) is 0 Å². The molecule has 1 atom stereocenters.